The number of carbonyl (C=O) groups is 3. The van der Waals surface area contributed by atoms with E-state index < -0.39 is 0 Å². The van der Waals surface area contributed by atoms with Gasteiger partial charge in [0, 0.05) is 33.7 Å². The molecule has 0 aromatic heterocycles. The number of fused-ring (bicyclic) bond motifs is 5. The number of aliphatic imine (C=N–C) groups is 1. The minimum atomic E-state index is -0.160. The summed E-state index contributed by atoms with van der Waals surface area (Å²) in [4.78, 5) is 44.4. The Kier molecular flexibility index (Phi) is 8.07. The Hall–Kier alpha value is -1.65. The topological polar surface area (TPSA) is 94.1 Å². The molecule has 8 nitrogen and oxygen atoms in total. The van der Waals surface area contributed by atoms with E-state index in [9.17, 15) is 14.4 Å². The van der Waals surface area contributed by atoms with Gasteiger partial charge in [0.2, 0.25) is 17.7 Å². The first-order valence-corrected chi connectivity index (χ1v) is 10.1. The average molecular weight is 517 g/mol. The maximum absolute atomic E-state index is 12.7. The van der Waals surface area contributed by atoms with Crippen LogP contribution in [-0.4, -0.2) is 73.8 Å². The fraction of sp³-hybridized carbons (Fsp3) is 0.700. The third-order valence-electron chi connectivity index (χ3n) is 5.74. The zero-order valence-corrected chi connectivity index (χ0v) is 19.9. The van der Waals surface area contributed by atoms with Gasteiger partial charge in [-0.05, 0) is 24.2 Å². The van der Waals surface area contributed by atoms with Crippen molar-refractivity contribution in [3.8, 4) is 0 Å². The van der Waals surface area contributed by atoms with Crippen LogP contribution in [0.5, 0.6) is 0 Å². The lowest BCUT2D eigenvalue weighted by Gasteiger charge is -2.19. The molecule has 3 amide bonds. The molecule has 0 aromatic carbocycles. The Labute approximate surface area is 189 Å². The molecule has 4 unspecified atom stereocenters. The Morgan fingerprint density at radius 1 is 1.17 bits per heavy atom. The molecular formula is C20H32IN5O3. The number of hydrogen-bond acceptors (Lipinski definition) is 4. The van der Waals surface area contributed by atoms with E-state index in [1.54, 1.807) is 14.1 Å². The summed E-state index contributed by atoms with van der Waals surface area (Å²) in [6.07, 6.45) is 5.14. The quantitative estimate of drug-likeness (QED) is 0.171. The lowest BCUT2D eigenvalue weighted by atomic mass is 9.85. The molecule has 1 heterocycles. The van der Waals surface area contributed by atoms with Crippen molar-refractivity contribution < 1.29 is 14.4 Å². The van der Waals surface area contributed by atoms with E-state index in [0.717, 1.165) is 6.42 Å². The molecule has 2 aliphatic carbocycles. The average Bonchev–Trinajstić information content (AvgIpc) is 3.32. The highest BCUT2D eigenvalue weighted by molar-refractivity contribution is 14.0. The van der Waals surface area contributed by atoms with Crippen LogP contribution >= 0.6 is 24.0 Å². The van der Waals surface area contributed by atoms with Crippen molar-refractivity contribution in [1.82, 2.24) is 20.4 Å². The first-order valence-electron chi connectivity index (χ1n) is 10.1. The van der Waals surface area contributed by atoms with E-state index in [1.807, 2.05) is 0 Å². The second-order valence-corrected chi connectivity index (χ2v) is 8.48. The van der Waals surface area contributed by atoms with Crippen molar-refractivity contribution in [2.75, 3.05) is 40.3 Å². The van der Waals surface area contributed by atoms with Gasteiger partial charge in [0.1, 0.15) is 6.54 Å². The molecule has 0 spiro atoms. The van der Waals surface area contributed by atoms with Crippen molar-refractivity contribution in [3.63, 3.8) is 0 Å². The molecule has 1 saturated carbocycles. The molecule has 162 valence electrons. The number of nitrogens with zero attached hydrogens (tertiary/aromatic N) is 3. The van der Waals surface area contributed by atoms with Crippen LogP contribution in [0.15, 0.2) is 17.1 Å². The molecule has 3 rings (SSSR count). The predicted molar refractivity (Wildman–Crippen MR) is 122 cm³/mol. The van der Waals surface area contributed by atoms with Crippen LogP contribution in [0.25, 0.3) is 0 Å². The van der Waals surface area contributed by atoms with Crippen LogP contribution in [0.3, 0.4) is 0 Å². The van der Waals surface area contributed by atoms with Crippen LogP contribution in [0, 0.1) is 29.6 Å². The highest BCUT2D eigenvalue weighted by Gasteiger charge is 2.58. The number of imide groups is 1. The molecule has 1 saturated heterocycles. The number of rotatable bonds is 7. The Morgan fingerprint density at radius 2 is 1.76 bits per heavy atom. The van der Waals surface area contributed by atoms with Gasteiger partial charge in [0.05, 0.1) is 11.8 Å². The van der Waals surface area contributed by atoms with E-state index in [2.05, 4.69) is 41.6 Å². The second-order valence-electron chi connectivity index (χ2n) is 8.48. The first-order chi connectivity index (χ1) is 13.3. The van der Waals surface area contributed by atoms with Crippen molar-refractivity contribution in [1.29, 1.82) is 0 Å². The molecule has 2 fully saturated rings. The number of halogens is 1. The summed E-state index contributed by atoms with van der Waals surface area (Å²) in [7, 11) is 3.38. The molecule has 4 atom stereocenters. The monoisotopic (exact) mass is 517 g/mol. The van der Waals surface area contributed by atoms with Crippen molar-refractivity contribution >= 4 is 47.7 Å². The summed E-state index contributed by atoms with van der Waals surface area (Å²) in [5, 5.41) is 6.34. The number of likely N-dealkylation sites (tertiary alicyclic amines) is 1. The zero-order chi connectivity index (χ0) is 20.4. The Morgan fingerprint density at radius 3 is 2.28 bits per heavy atom. The summed E-state index contributed by atoms with van der Waals surface area (Å²) >= 11 is 0. The summed E-state index contributed by atoms with van der Waals surface area (Å²) < 4.78 is 0. The van der Waals surface area contributed by atoms with Gasteiger partial charge in [-0.25, -0.2) is 4.99 Å². The minimum absolute atomic E-state index is 0. The summed E-state index contributed by atoms with van der Waals surface area (Å²) in [6, 6.07) is 0. The van der Waals surface area contributed by atoms with Crippen molar-refractivity contribution in [3.05, 3.63) is 12.2 Å². The number of hydrogen-bond donors (Lipinski definition) is 2. The summed E-state index contributed by atoms with van der Waals surface area (Å²) in [5.74, 6) is 0.907. The maximum atomic E-state index is 12.7. The van der Waals surface area contributed by atoms with Crippen LogP contribution in [0.2, 0.25) is 0 Å². The fourth-order valence-electron chi connectivity index (χ4n) is 4.23. The van der Waals surface area contributed by atoms with Crippen LogP contribution < -0.4 is 10.6 Å². The lowest BCUT2D eigenvalue weighted by Crippen LogP contribution is -2.45. The zero-order valence-electron chi connectivity index (χ0n) is 17.6. The fourth-order valence-corrected chi connectivity index (χ4v) is 4.23. The van der Waals surface area contributed by atoms with E-state index in [-0.39, 0.29) is 71.9 Å². The van der Waals surface area contributed by atoms with Gasteiger partial charge in [-0.15, -0.1) is 24.0 Å². The molecular weight excluding hydrogens is 485 g/mol. The molecule has 9 heteroatoms. The second kappa shape index (κ2) is 9.90. The lowest BCUT2D eigenvalue weighted by molar-refractivity contribution is -0.140. The number of allylic oxidation sites excluding steroid dienone is 2. The minimum Gasteiger partial charge on any atom is -0.356 e. The van der Waals surface area contributed by atoms with Gasteiger partial charge in [0.25, 0.3) is 0 Å². The Balaban J connectivity index is 0.00000300. The van der Waals surface area contributed by atoms with Gasteiger partial charge in [-0.1, -0.05) is 26.0 Å². The van der Waals surface area contributed by atoms with Crippen molar-refractivity contribution in [2.24, 2.45) is 34.6 Å². The molecule has 0 aromatic rings. The van der Waals surface area contributed by atoms with Crippen LogP contribution in [0.1, 0.15) is 20.3 Å². The number of guanidine groups is 1. The standard InChI is InChI=1S/C20H31N5O3.HI/c1-12(2)10-22-20(23-11-15(26)24(3)4)21-7-8-25-18(27)16-13-5-6-14(9-13)17(16)19(25)28;/h5-6,12-14,16-17H,7-11H2,1-4H3,(H2,21,22,23);1H. The molecule has 0 radical (unpaired) electrons. The highest BCUT2D eigenvalue weighted by Crippen LogP contribution is 2.52. The van der Waals surface area contributed by atoms with Gasteiger partial charge in [0.15, 0.2) is 5.96 Å². The number of nitrogens with one attached hydrogen (secondary N) is 2. The summed E-state index contributed by atoms with van der Waals surface area (Å²) in [5.41, 5.74) is 0. The SMILES string of the molecule is CC(C)CNC(=NCC(=O)N(C)C)NCCN1C(=O)C2C3C=CC(C3)C2C1=O.I. The van der Waals surface area contributed by atoms with Gasteiger partial charge in [-0.3, -0.25) is 19.3 Å². The van der Waals surface area contributed by atoms with Gasteiger partial charge in [-0.2, -0.15) is 0 Å². The molecule has 29 heavy (non-hydrogen) atoms. The number of amides is 3. The maximum Gasteiger partial charge on any atom is 0.243 e. The molecule has 1 aliphatic heterocycles. The third kappa shape index (κ3) is 5.10. The van der Waals surface area contributed by atoms with Gasteiger partial charge < -0.3 is 15.5 Å². The summed E-state index contributed by atoms with van der Waals surface area (Å²) in [6.45, 7) is 5.63. The van der Waals surface area contributed by atoms with Crippen molar-refractivity contribution in [2.45, 2.75) is 20.3 Å². The van der Waals surface area contributed by atoms with Crippen LogP contribution in [0.4, 0.5) is 0 Å². The predicted octanol–water partition coefficient (Wildman–Crippen LogP) is 0.691. The van der Waals surface area contributed by atoms with Crippen LogP contribution in [-0.2, 0) is 14.4 Å². The number of likely N-dealkylation sites (N-methyl/N-ethyl adjacent to an activating group) is 1. The van der Waals surface area contributed by atoms with E-state index in [4.69, 9.17) is 0 Å². The third-order valence-corrected chi connectivity index (χ3v) is 5.74. The molecule has 2 bridgehead atoms. The Bertz CT molecular complexity index is 676. The van der Waals surface area contributed by atoms with E-state index in [1.165, 1.54) is 9.80 Å². The smallest absolute Gasteiger partial charge is 0.243 e. The van der Waals surface area contributed by atoms with E-state index in [0.29, 0.717) is 31.5 Å². The van der Waals surface area contributed by atoms with E-state index >= 15 is 0 Å². The molecule has 3 aliphatic rings. The normalized spacial score (nSPS) is 27.3. The number of carbonyl (C=O) groups excluding carboxylic acids is 3. The highest BCUT2D eigenvalue weighted by atomic mass is 127. The van der Waals surface area contributed by atoms with Gasteiger partial charge >= 0.3 is 0 Å². The first kappa shape index (κ1) is 23.6. The molecule has 2 N–H and O–H groups in total. The largest absolute Gasteiger partial charge is 0.356 e.